The Morgan fingerprint density at radius 1 is 0.765 bits per heavy atom. The third-order valence-corrected chi connectivity index (χ3v) is 6.21. The van der Waals surface area contributed by atoms with Gasteiger partial charge in [0.15, 0.2) is 0 Å². The second kappa shape index (κ2) is 12.4. The molecule has 1 aliphatic carbocycles. The molecule has 0 N–H and O–H groups in total. The Kier molecular flexibility index (Phi) is 11.3. The molecule has 0 spiro atoms. The molecule has 1 aliphatic rings. The summed E-state index contributed by atoms with van der Waals surface area (Å²) in [5, 5.41) is 1.53. The summed E-state index contributed by atoms with van der Waals surface area (Å²) in [6, 6.07) is 10.9. The number of fused-ring (bicyclic) bond motifs is 1. The summed E-state index contributed by atoms with van der Waals surface area (Å²) in [4.78, 5) is 0. The largest absolute Gasteiger partial charge is 3.00 e. The van der Waals surface area contributed by atoms with Crippen LogP contribution in [-0.4, -0.2) is 0 Å². The first-order chi connectivity index (χ1) is 14.6. The Hall–Kier alpha value is -0.907. The van der Waals surface area contributed by atoms with Crippen LogP contribution >= 0.6 is 0 Å². The molecule has 0 nitrogen and oxygen atoms in total. The van der Waals surface area contributed by atoms with Crippen molar-refractivity contribution < 1.29 is 77.4 Å². The summed E-state index contributed by atoms with van der Waals surface area (Å²) < 4.78 is 79.8. The molecule has 0 aromatic heterocycles. The van der Waals surface area contributed by atoms with Gasteiger partial charge in [0, 0.05) is 0 Å². The molecule has 3 aromatic rings. The first-order valence-electron chi connectivity index (χ1n) is 10.6. The van der Waals surface area contributed by atoms with Gasteiger partial charge in [-0.2, -0.15) is 32.4 Å². The molecule has 1 fully saturated rings. The molecule has 3 aromatic carbocycles. The van der Waals surface area contributed by atoms with Gasteiger partial charge in [-0.3, -0.25) is 0 Å². The van der Waals surface area contributed by atoms with Crippen LogP contribution in [0.5, 0.6) is 0 Å². The van der Waals surface area contributed by atoms with Crippen molar-refractivity contribution in [2.75, 3.05) is 0 Å². The van der Waals surface area contributed by atoms with E-state index in [4.69, 9.17) is 0 Å². The first-order valence-corrected chi connectivity index (χ1v) is 10.6. The van der Waals surface area contributed by atoms with Crippen LogP contribution in [0.2, 0.25) is 0 Å². The summed E-state index contributed by atoms with van der Waals surface area (Å²) in [6.07, 6.45) is -1.58. The zero-order chi connectivity index (χ0) is 22.2. The van der Waals surface area contributed by atoms with Gasteiger partial charge in [0.25, 0.3) is 0 Å². The van der Waals surface area contributed by atoms with E-state index in [9.17, 15) is 26.3 Å². The van der Waals surface area contributed by atoms with Gasteiger partial charge < -0.3 is 24.8 Å². The minimum absolute atomic E-state index is 0. The summed E-state index contributed by atoms with van der Waals surface area (Å²) >= 11 is 0. The zero-order valence-corrected chi connectivity index (χ0v) is 22.1. The van der Waals surface area contributed by atoms with Crippen LogP contribution in [0.4, 0.5) is 26.3 Å². The molecular weight excluding hydrogens is 576 g/mol. The summed E-state index contributed by atoms with van der Waals surface area (Å²) in [7, 11) is 0. The number of benzene rings is 2. The van der Waals surface area contributed by atoms with Crippen LogP contribution in [0.15, 0.2) is 48.5 Å². The molecule has 0 aliphatic heterocycles. The predicted molar refractivity (Wildman–Crippen MR) is 110 cm³/mol. The minimum atomic E-state index is -4.86. The van der Waals surface area contributed by atoms with Crippen LogP contribution in [0.1, 0.15) is 55.2 Å². The van der Waals surface area contributed by atoms with Gasteiger partial charge >= 0.3 is 38.6 Å². The molecule has 4 rings (SSSR count). The van der Waals surface area contributed by atoms with E-state index in [-0.39, 0.29) is 62.6 Å². The molecule has 1 saturated carbocycles. The second-order valence-electron chi connectivity index (χ2n) is 8.53. The van der Waals surface area contributed by atoms with Gasteiger partial charge in [-0.1, -0.05) is 50.2 Å². The van der Waals surface area contributed by atoms with Crippen LogP contribution in [0.25, 0.3) is 21.9 Å². The average Bonchev–Trinajstić information content (AvgIpc) is 2.93. The maximum atomic E-state index is 13.3. The molecule has 0 bridgehead atoms. The van der Waals surface area contributed by atoms with Crippen molar-refractivity contribution >= 4 is 10.8 Å². The Morgan fingerprint density at radius 3 is 1.85 bits per heavy atom. The van der Waals surface area contributed by atoms with E-state index >= 15 is 0 Å². The molecule has 34 heavy (non-hydrogen) atoms. The van der Waals surface area contributed by atoms with Gasteiger partial charge in [0.2, 0.25) is 0 Å². The Bertz CT molecular complexity index is 1030. The molecule has 1 radical (unpaired) electrons. The van der Waals surface area contributed by atoms with Gasteiger partial charge in [0.05, 0.1) is 11.1 Å². The van der Waals surface area contributed by atoms with E-state index in [1.165, 1.54) is 25.7 Å². The number of hydrogen-bond acceptors (Lipinski definition) is 0. The minimum Gasteiger partial charge on any atom is -1.00 e. The molecule has 0 unspecified atom stereocenters. The normalized spacial score (nSPS) is 15.1. The third kappa shape index (κ3) is 7.30. The molecular formula is C25H23Cl2F6Zr. The molecule has 9 heteroatoms. The van der Waals surface area contributed by atoms with Crippen molar-refractivity contribution in [2.24, 2.45) is 5.92 Å². The van der Waals surface area contributed by atoms with Gasteiger partial charge in [0.1, 0.15) is 0 Å². The SMILES string of the molecule is FC(F)(F)c1cc(-c2cccc3[cH-]c(CC4CCCCCC4)cc23)cc(C(F)(F)F)c1.[Cl-].[Cl-].[Zr+3]. The standard InChI is InChI=1S/C25H23F6.2ClH.Zr/c26-24(27,28)20-13-19(14-21(15-20)25(29,30)31)22-9-5-8-18-11-17(12-23(18)22)10-16-6-3-1-2-4-7-16;;;/h5,8-9,11-16H,1-4,6-7,10H2;2*1H;/q-1;;;+3/p-2. The molecule has 0 heterocycles. The van der Waals surface area contributed by atoms with Crippen LogP contribution in [0.3, 0.4) is 0 Å². The Labute approximate surface area is 226 Å². The fourth-order valence-corrected chi connectivity index (χ4v) is 4.68. The van der Waals surface area contributed by atoms with Crippen molar-refractivity contribution in [3.05, 3.63) is 65.2 Å². The Morgan fingerprint density at radius 2 is 1.32 bits per heavy atom. The molecule has 0 saturated heterocycles. The van der Waals surface area contributed by atoms with E-state index in [1.54, 1.807) is 12.1 Å². The first kappa shape index (κ1) is 31.1. The summed E-state index contributed by atoms with van der Waals surface area (Å²) in [5.74, 6) is 0.577. The maximum Gasteiger partial charge on any atom is 3.00 e. The van der Waals surface area contributed by atoms with E-state index in [0.717, 1.165) is 42.3 Å². The molecule has 0 amide bonds. The number of halogens is 8. The van der Waals surface area contributed by atoms with Crippen LogP contribution < -0.4 is 24.8 Å². The number of hydrogen-bond donors (Lipinski definition) is 0. The van der Waals surface area contributed by atoms with Gasteiger partial charge in [-0.05, 0) is 36.1 Å². The van der Waals surface area contributed by atoms with Crippen molar-refractivity contribution in [3.8, 4) is 11.1 Å². The predicted octanol–water partition coefficient (Wildman–Crippen LogP) is 2.78. The maximum absolute atomic E-state index is 13.3. The summed E-state index contributed by atoms with van der Waals surface area (Å²) in [5.41, 5.74) is -1.17. The van der Waals surface area contributed by atoms with Crippen LogP contribution in [0, 0.1) is 5.92 Å². The quantitative estimate of drug-likeness (QED) is 0.247. The van der Waals surface area contributed by atoms with Crippen LogP contribution in [-0.2, 0) is 45.0 Å². The van der Waals surface area contributed by atoms with E-state index < -0.39 is 23.5 Å². The fraction of sp³-hybridized carbons (Fsp3) is 0.400. The van der Waals surface area contributed by atoms with E-state index in [0.29, 0.717) is 16.9 Å². The smallest absolute Gasteiger partial charge is 1.00 e. The average molecular weight is 600 g/mol. The van der Waals surface area contributed by atoms with Crippen molar-refractivity contribution in [1.82, 2.24) is 0 Å². The zero-order valence-electron chi connectivity index (χ0n) is 18.2. The second-order valence-corrected chi connectivity index (χ2v) is 8.53. The van der Waals surface area contributed by atoms with Gasteiger partial charge in [-0.25, -0.2) is 0 Å². The number of alkyl halides is 6. The number of rotatable bonds is 3. The van der Waals surface area contributed by atoms with Crippen molar-refractivity contribution in [3.63, 3.8) is 0 Å². The monoisotopic (exact) mass is 597 g/mol. The van der Waals surface area contributed by atoms with Crippen molar-refractivity contribution in [1.29, 1.82) is 0 Å². The summed E-state index contributed by atoms with van der Waals surface area (Å²) in [6.45, 7) is 0. The topological polar surface area (TPSA) is 0 Å². The van der Waals surface area contributed by atoms with E-state index in [2.05, 4.69) is 0 Å². The van der Waals surface area contributed by atoms with Crippen molar-refractivity contribution in [2.45, 2.75) is 57.3 Å². The third-order valence-electron chi connectivity index (χ3n) is 6.21. The van der Waals surface area contributed by atoms with Gasteiger partial charge in [-0.15, -0.1) is 34.5 Å². The Balaban J connectivity index is 0.00000193. The molecule has 0 atom stereocenters. The fourth-order valence-electron chi connectivity index (χ4n) is 4.68. The van der Waals surface area contributed by atoms with E-state index in [1.807, 2.05) is 18.2 Å². The molecule has 183 valence electrons.